The fourth-order valence-electron chi connectivity index (χ4n) is 3.03. The highest BCUT2D eigenvalue weighted by Gasteiger charge is 2.20. The Labute approximate surface area is 136 Å². The second kappa shape index (κ2) is 7.10. The highest BCUT2D eigenvalue weighted by atomic mass is 16.5. The molecule has 1 aromatic rings. The number of hydrogen-bond donors (Lipinski definition) is 3. The van der Waals surface area contributed by atoms with Gasteiger partial charge in [-0.25, -0.2) is 0 Å². The molecular formula is C17H23N3O3. The van der Waals surface area contributed by atoms with Gasteiger partial charge in [-0.3, -0.25) is 9.59 Å². The molecule has 0 aromatic heterocycles. The van der Waals surface area contributed by atoms with Crippen molar-refractivity contribution in [2.24, 2.45) is 0 Å². The molecule has 124 valence electrons. The van der Waals surface area contributed by atoms with Crippen LogP contribution >= 0.6 is 0 Å². The van der Waals surface area contributed by atoms with Crippen LogP contribution in [0.1, 0.15) is 36.9 Å². The van der Waals surface area contributed by atoms with Gasteiger partial charge in [0.15, 0.2) is 0 Å². The number of benzene rings is 1. The number of carbonyl (C=O) groups excluding carboxylic acids is 2. The van der Waals surface area contributed by atoms with Crippen molar-refractivity contribution in [2.75, 3.05) is 25.1 Å². The van der Waals surface area contributed by atoms with Gasteiger partial charge in [0, 0.05) is 31.1 Å². The summed E-state index contributed by atoms with van der Waals surface area (Å²) in [5.74, 6) is 0.0836. The number of aryl methyl sites for hydroxylation is 1. The van der Waals surface area contributed by atoms with Gasteiger partial charge in [0.25, 0.3) is 0 Å². The normalized spacial score (nSPS) is 22.0. The number of fused-ring (bicyclic) bond motifs is 1. The molecule has 2 aliphatic heterocycles. The lowest BCUT2D eigenvalue weighted by Gasteiger charge is -2.24. The van der Waals surface area contributed by atoms with Crippen molar-refractivity contribution < 1.29 is 14.3 Å². The molecule has 2 amide bonds. The minimum atomic E-state index is -0.0602. The molecule has 0 spiro atoms. The van der Waals surface area contributed by atoms with Crippen molar-refractivity contribution in [3.8, 4) is 0 Å². The van der Waals surface area contributed by atoms with Crippen LogP contribution in [-0.2, 0) is 20.7 Å². The Morgan fingerprint density at radius 2 is 2.30 bits per heavy atom. The molecule has 1 fully saturated rings. The Morgan fingerprint density at radius 3 is 3.09 bits per heavy atom. The Balaban J connectivity index is 1.58. The molecule has 2 atom stereocenters. The highest BCUT2D eigenvalue weighted by Crippen LogP contribution is 2.26. The summed E-state index contributed by atoms with van der Waals surface area (Å²) in [5, 5.41) is 9.19. The third-order valence-corrected chi connectivity index (χ3v) is 4.33. The summed E-state index contributed by atoms with van der Waals surface area (Å²) >= 11 is 0. The maximum Gasteiger partial charge on any atom is 0.224 e. The maximum atomic E-state index is 12.2. The largest absolute Gasteiger partial charge is 0.378 e. The highest BCUT2D eigenvalue weighted by molar-refractivity contribution is 5.93. The van der Waals surface area contributed by atoms with E-state index < -0.39 is 0 Å². The van der Waals surface area contributed by atoms with Gasteiger partial charge in [-0.05, 0) is 30.5 Å². The Hall–Kier alpha value is -1.92. The number of hydrogen-bond acceptors (Lipinski definition) is 4. The predicted octanol–water partition coefficient (Wildman–Crippen LogP) is 1.13. The van der Waals surface area contributed by atoms with Crippen LogP contribution in [0.25, 0.3) is 0 Å². The summed E-state index contributed by atoms with van der Waals surface area (Å²) in [6, 6.07) is 5.98. The number of anilines is 1. The molecule has 0 bridgehead atoms. The summed E-state index contributed by atoms with van der Waals surface area (Å²) in [5.41, 5.74) is 3.07. The summed E-state index contributed by atoms with van der Waals surface area (Å²) in [6.45, 7) is 4.07. The topological polar surface area (TPSA) is 79.5 Å². The standard InChI is InChI=1S/C17H23N3O3/c1-11(19-17(22)9-14-10-23-7-6-18-14)12-2-4-15-13(8-12)3-5-16(21)20-15/h2,4,8,11,14,18H,3,5-7,9-10H2,1H3,(H,19,22)(H,20,21). The molecule has 2 unspecified atom stereocenters. The van der Waals surface area contributed by atoms with E-state index in [4.69, 9.17) is 4.74 Å². The number of nitrogens with one attached hydrogen (secondary N) is 3. The molecule has 2 heterocycles. The quantitative estimate of drug-likeness (QED) is 0.778. The van der Waals surface area contributed by atoms with E-state index >= 15 is 0 Å². The Kier molecular flexibility index (Phi) is 4.93. The Bertz CT molecular complexity index is 597. The number of carbonyl (C=O) groups is 2. The fraction of sp³-hybridized carbons (Fsp3) is 0.529. The van der Waals surface area contributed by atoms with Crippen molar-refractivity contribution >= 4 is 17.5 Å². The zero-order valence-corrected chi connectivity index (χ0v) is 13.4. The summed E-state index contributed by atoms with van der Waals surface area (Å²) in [7, 11) is 0. The maximum absolute atomic E-state index is 12.2. The first kappa shape index (κ1) is 16.0. The van der Waals surface area contributed by atoms with E-state index in [0.717, 1.165) is 29.8 Å². The molecule has 0 saturated carbocycles. The van der Waals surface area contributed by atoms with Crippen LogP contribution in [0.4, 0.5) is 5.69 Å². The molecule has 23 heavy (non-hydrogen) atoms. The smallest absolute Gasteiger partial charge is 0.224 e. The van der Waals surface area contributed by atoms with Gasteiger partial charge < -0.3 is 20.7 Å². The Morgan fingerprint density at radius 1 is 1.43 bits per heavy atom. The van der Waals surface area contributed by atoms with Crippen molar-refractivity contribution in [1.82, 2.24) is 10.6 Å². The fourth-order valence-corrected chi connectivity index (χ4v) is 3.03. The second-order valence-corrected chi connectivity index (χ2v) is 6.18. The zero-order chi connectivity index (χ0) is 16.2. The number of rotatable bonds is 4. The number of ether oxygens (including phenoxy) is 1. The van der Waals surface area contributed by atoms with Gasteiger partial charge in [-0.2, -0.15) is 0 Å². The van der Waals surface area contributed by atoms with Gasteiger partial charge in [-0.1, -0.05) is 12.1 Å². The van der Waals surface area contributed by atoms with Crippen LogP contribution in [0.2, 0.25) is 0 Å². The average molecular weight is 317 g/mol. The first-order valence-corrected chi connectivity index (χ1v) is 8.15. The van der Waals surface area contributed by atoms with E-state index in [2.05, 4.69) is 22.0 Å². The van der Waals surface area contributed by atoms with Crippen molar-refractivity contribution in [1.29, 1.82) is 0 Å². The molecular weight excluding hydrogens is 294 g/mol. The summed E-state index contributed by atoms with van der Waals surface area (Å²) in [6.07, 6.45) is 1.69. The first-order chi connectivity index (χ1) is 11.1. The van der Waals surface area contributed by atoms with E-state index in [1.807, 2.05) is 19.1 Å². The van der Waals surface area contributed by atoms with E-state index in [-0.39, 0.29) is 23.9 Å². The van der Waals surface area contributed by atoms with Crippen LogP contribution in [0.3, 0.4) is 0 Å². The van der Waals surface area contributed by atoms with Crippen LogP contribution in [0.5, 0.6) is 0 Å². The zero-order valence-electron chi connectivity index (χ0n) is 13.4. The lowest BCUT2D eigenvalue weighted by molar-refractivity contribution is -0.123. The van der Waals surface area contributed by atoms with E-state index in [0.29, 0.717) is 26.1 Å². The molecule has 1 saturated heterocycles. The summed E-state index contributed by atoms with van der Waals surface area (Å²) in [4.78, 5) is 23.6. The lowest BCUT2D eigenvalue weighted by atomic mass is 9.97. The number of amides is 2. The minimum Gasteiger partial charge on any atom is -0.378 e. The van der Waals surface area contributed by atoms with Crippen LogP contribution < -0.4 is 16.0 Å². The van der Waals surface area contributed by atoms with Crippen LogP contribution in [-0.4, -0.2) is 37.6 Å². The molecule has 6 heteroatoms. The van der Waals surface area contributed by atoms with Gasteiger partial charge in [0.2, 0.25) is 11.8 Å². The second-order valence-electron chi connectivity index (χ2n) is 6.18. The molecule has 6 nitrogen and oxygen atoms in total. The predicted molar refractivity (Wildman–Crippen MR) is 87.2 cm³/mol. The monoisotopic (exact) mass is 317 g/mol. The molecule has 1 aromatic carbocycles. The third kappa shape index (κ3) is 4.09. The third-order valence-electron chi connectivity index (χ3n) is 4.33. The number of morpholine rings is 1. The molecule has 2 aliphatic rings. The van der Waals surface area contributed by atoms with Gasteiger partial charge in [0.1, 0.15) is 0 Å². The average Bonchev–Trinajstić information content (AvgIpc) is 2.55. The van der Waals surface area contributed by atoms with Crippen LogP contribution in [0.15, 0.2) is 18.2 Å². The van der Waals surface area contributed by atoms with Gasteiger partial charge >= 0.3 is 0 Å². The van der Waals surface area contributed by atoms with Crippen molar-refractivity contribution in [2.45, 2.75) is 38.3 Å². The van der Waals surface area contributed by atoms with E-state index in [9.17, 15) is 9.59 Å². The van der Waals surface area contributed by atoms with Crippen molar-refractivity contribution in [3.63, 3.8) is 0 Å². The molecule has 3 N–H and O–H groups in total. The lowest BCUT2D eigenvalue weighted by Crippen LogP contribution is -2.44. The van der Waals surface area contributed by atoms with Crippen molar-refractivity contribution in [3.05, 3.63) is 29.3 Å². The van der Waals surface area contributed by atoms with E-state index in [1.54, 1.807) is 0 Å². The minimum absolute atomic E-state index is 0.0199. The van der Waals surface area contributed by atoms with Gasteiger partial charge in [0.05, 0.1) is 19.3 Å². The molecule has 3 rings (SSSR count). The molecule has 0 aliphatic carbocycles. The first-order valence-electron chi connectivity index (χ1n) is 8.15. The summed E-state index contributed by atoms with van der Waals surface area (Å²) < 4.78 is 5.37. The molecule has 0 radical (unpaired) electrons. The SMILES string of the molecule is CC(NC(=O)CC1COCCN1)c1ccc2c(c1)CCC(=O)N2. The van der Waals surface area contributed by atoms with E-state index in [1.165, 1.54) is 0 Å². The van der Waals surface area contributed by atoms with Crippen LogP contribution in [0, 0.1) is 0 Å². The van der Waals surface area contributed by atoms with Gasteiger partial charge in [-0.15, -0.1) is 0 Å².